The van der Waals surface area contributed by atoms with E-state index in [0.29, 0.717) is 18.3 Å². The predicted octanol–water partition coefficient (Wildman–Crippen LogP) is 2.68. The highest BCUT2D eigenvalue weighted by Crippen LogP contribution is 2.51. The van der Waals surface area contributed by atoms with Crippen molar-refractivity contribution in [2.45, 2.75) is 45.1 Å². The zero-order valence-electron chi connectivity index (χ0n) is 9.01. The van der Waals surface area contributed by atoms with Gasteiger partial charge in [0.25, 0.3) is 0 Å². The standard InChI is InChI=1S/C12H18O2/c1-8(2)10-5-4-9(3)12(10)7-6-11(13)14-12/h9-10H,1,4-7H2,2-3H3/t9-,10+,12+/m0/s1. The fraction of sp³-hybridized carbons (Fsp3) is 0.750. The molecule has 78 valence electrons. The fourth-order valence-corrected chi connectivity index (χ4v) is 3.12. The fourth-order valence-electron chi connectivity index (χ4n) is 3.12. The summed E-state index contributed by atoms with van der Waals surface area (Å²) in [4.78, 5) is 11.3. The van der Waals surface area contributed by atoms with E-state index >= 15 is 0 Å². The van der Waals surface area contributed by atoms with Crippen LogP contribution >= 0.6 is 0 Å². The number of esters is 1. The summed E-state index contributed by atoms with van der Waals surface area (Å²) in [6.45, 7) is 8.27. The summed E-state index contributed by atoms with van der Waals surface area (Å²) < 4.78 is 5.60. The Hall–Kier alpha value is -0.790. The Morgan fingerprint density at radius 3 is 2.79 bits per heavy atom. The summed E-state index contributed by atoms with van der Waals surface area (Å²) in [5.74, 6) is 0.865. The number of carbonyl (C=O) groups is 1. The zero-order valence-corrected chi connectivity index (χ0v) is 9.01. The number of carbonyl (C=O) groups excluding carboxylic acids is 1. The van der Waals surface area contributed by atoms with Crippen LogP contribution < -0.4 is 0 Å². The Bertz CT molecular complexity index is 282. The van der Waals surface area contributed by atoms with Gasteiger partial charge in [0, 0.05) is 12.3 Å². The van der Waals surface area contributed by atoms with Crippen molar-refractivity contribution < 1.29 is 9.53 Å². The van der Waals surface area contributed by atoms with Crippen molar-refractivity contribution in [2.75, 3.05) is 0 Å². The second kappa shape index (κ2) is 3.11. The van der Waals surface area contributed by atoms with Crippen molar-refractivity contribution in [2.24, 2.45) is 11.8 Å². The quantitative estimate of drug-likeness (QED) is 0.474. The summed E-state index contributed by atoms with van der Waals surface area (Å²) in [5.41, 5.74) is 0.979. The molecular weight excluding hydrogens is 176 g/mol. The third-order valence-corrected chi connectivity index (χ3v) is 3.93. The lowest BCUT2D eigenvalue weighted by molar-refractivity contribution is -0.153. The molecule has 2 heteroatoms. The molecule has 0 aromatic rings. The summed E-state index contributed by atoms with van der Waals surface area (Å²) in [6.07, 6.45) is 3.77. The molecule has 1 spiro atoms. The molecule has 0 unspecified atom stereocenters. The van der Waals surface area contributed by atoms with Crippen LogP contribution in [0.1, 0.15) is 39.5 Å². The molecule has 0 amide bonds. The van der Waals surface area contributed by atoms with E-state index in [9.17, 15) is 4.79 Å². The van der Waals surface area contributed by atoms with E-state index in [0.717, 1.165) is 19.3 Å². The molecule has 2 aliphatic rings. The van der Waals surface area contributed by atoms with Crippen LogP contribution in [0, 0.1) is 11.8 Å². The van der Waals surface area contributed by atoms with E-state index in [4.69, 9.17) is 4.74 Å². The first-order valence-electron chi connectivity index (χ1n) is 5.43. The lowest BCUT2D eigenvalue weighted by Gasteiger charge is -2.33. The minimum absolute atomic E-state index is 0.0231. The summed E-state index contributed by atoms with van der Waals surface area (Å²) in [6, 6.07) is 0. The van der Waals surface area contributed by atoms with Gasteiger partial charge in [-0.15, -0.1) is 0 Å². The van der Waals surface area contributed by atoms with Gasteiger partial charge in [-0.3, -0.25) is 4.79 Å². The Morgan fingerprint density at radius 1 is 1.57 bits per heavy atom. The van der Waals surface area contributed by atoms with Gasteiger partial charge in [-0.25, -0.2) is 0 Å². The van der Waals surface area contributed by atoms with Crippen molar-refractivity contribution in [3.8, 4) is 0 Å². The number of rotatable bonds is 1. The Morgan fingerprint density at radius 2 is 2.29 bits per heavy atom. The average Bonchev–Trinajstić information content (AvgIpc) is 2.61. The van der Waals surface area contributed by atoms with Crippen LogP contribution in [-0.4, -0.2) is 11.6 Å². The summed E-state index contributed by atoms with van der Waals surface area (Å²) in [7, 11) is 0. The van der Waals surface area contributed by atoms with Crippen molar-refractivity contribution >= 4 is 5.97 Å². The molecule has 2 rings (SSSR count). The topological polar surface area (TPSA) is 26.3 Å². The highest BCUT2D eigenvalue weighted by molar-refractivity contribution is 5.72. The number of hydrogen-bond acceptors (Lipinski definition) is 2. The van der Waals surface area contributed by atoms with Crippen molar-refractivity contribution in [3.05, 3.63) is 12.2 Å². The van der Waals surface area contributed by atoms with Gasteiger partial charge in [-0.05, 0) is 32.1 Å². The SMILES string of the molecule is C=C(C)[C@H]1CC[C@H](C)[C@]12CCC(=O)O2. The first-order valence-corrected chi connectivity index (χ1v) is 5.43. The van der Waals surface area contributed by atoms with Crippen LogP contribution in [0.3, 0.4) is 0 Å². The van der Waals surface area contributed by atoms with Crippen LogP contribution in [0.15, 0.2) is 12.2 Å². The molecule has 1 aliphatic carbocycles. The molecular formula is C12H18O2. The van der Waals surface area contributed by atoms with Gasteiger partial charge >= 0.3 is 5.97 Å². The molecule has 0 radical (unpaired) electrons. The molecule has 14 heavy (non-hydrogen) atoms. The Labute approximate surface area is 85.3 Å². The molecule has 0 bridgehead atoms. The van der Waals surface area contributed by atoms with Gasteiger partial charge in [0.15, 0.2) is 0 Å². The monoisotopic (exact) mass is 194 g/mol. The highest BCUT2D eigenvalue weighted by Gasteiger charge is 2.54. The van der Waals surface area contributed by atoms with Crippen molar-refractivity contribution in [3.63, 3.8) is 0 Å². The second-order valence-corrected chi connectivity index (χ2v) is 4.81. The smallest absolute Gasteiger partial charge is 0.306 e. The van der Waals surface area contributed by atoms with Gasteiger partial charge in [0.05, 0.1) is 0 Å². The number of ether oxygens (including phenoxy) is 1. The first kappa shape index (κ1) is 9.75. The molecule has 0 aromatic carbocycles. The van der Waals surface area contributed by atoms with Gasteiger partial charge in [-0.2, -0.15) is 0 Å². The lowest BCUT2D eigenvalue weighted by Crippen LogP contribution is -2.38. The van der Waals surface area contributed by atoms with Crippen LogP contribution in [0.4, 0.5) is 0 Å². The summed E-state index contributed by atoms with van der Waals surface area (Å²) in [5, 5.41) is 0. The maximum Gasteiger partial charge on any atom is 0.306 e. The van der Waals surface area contributed by atoms with Crippen LogP contribution in [0.2, 0.25) is 0 Å². The van der Waals surface area contributed by atoms with E-state index in [2.05, 4.69) is 20.4 Å². The van der Waals surface area contributed by atoms with Gasteiger partial charge in [0.2, 0.25) is 0 Å². The molecule has 0 aromatic heterocycles. The van der Waals surface area contributed by atoms with Crippen LogP contribution in [-0.2, 0) is 9.53 Å². The second-order valence-electron chi connectivity index (χ2n) is 4.81. The Kier molecular flexibility index (Phi) is 2.17. The molecule has 2 fully saturated rings. The van der Waals surface area contributed by atoms with E-state index < -0.39 is 0 Å². The molecule has 1 saturated carbocycles. The number of hydrogen-bond donors (Lipinski definition) is 0. The third-order valence-electron chi connectivity index (χ3n) is 3.93. The highest BCUT2D eigenvalue weighted by atomic mass is 16.6. The molecule has 1 saturated heterocycles. The van der Waals surface area contributed by atoms with E-state index in [1.165, 1.54) is 5.57 Å². The first-order chi connectivity index (χ1) is 6.56. The third kappa shape index (κ3) is 1.20. The normalized spacial score (nSPS) is 41.7. The molecule has 1 aliphatic heterocycles. The minimum atomic E-state index is -0.192. The summed E-state index contributed by atoms with van der Waals surface area (Å²) >= 11 is 0. The zero-order chi connectivity index (χ0) is 10.3. The van der Waals surface area contributed by atoms with Gasteiger partial charge in [-0.1, -0.05) is 19.1 Å². The minimum Gasteiger partial charge on any atom is -0.458 e. The van der Waals surface area contributed by atoms with E-state index in [1.807, 2.05) is 0 Å². The van der Waals surface area contributed by atoms with Crippen LogP contribution in [0.25, 0.3) is 0 Å². The van der Waals surface area contributed by atoms with Crippen molar-refractivity contribution in [1.29, 1.82) is 0 Å². The van der Waals surface area contributed by atoms with Gasteiger partial charge in [0.1, 0.15) is 5.60 Å². The molecule has 0 N–H and O–H groups in total. The van der Waals surface area contributed by atoms with Crippen LogP contribution in [0.5, 0.6) is 0 Å². The van der Waals surface area contributed by atoms with E-state index in [-0.39, 0.29) is 11.6 Å². The maximum absolute atomic E-state index is 11.3. The lowest BCUT2D eigenvalue weighted by atomic mass is 9.79. The largest absolute Gasteiger partial charge is 0.458 e. The van der Waals surface area contributed by atoms with E-state index in [1.54, 1.807) is 0 Å². The Balaban J connectivity index is 2.29. The molecule has 2 nitrogen and oxygen atoms in total. The maximum atomic E-state index is 11.3. The molecule has 1 heterocycles. The predicted molar refractivity (Wildman–Crippen MR) is 54.8 cm³/mol. The van der Waals surface area contributed by atoms with Gasteiger partial charge < -0.3 is 4.74 Å². The van der Waals surface area contributed by atoms with Crippen molar-refractivity contribution in [1.82, 2.24) is 0 Å². The molecule has 3 atom stereocenters. The average molecular weight is 194 g/mol.